The van der Waals surface area contributed by atoms with E-state index in [1.807, 2.05) is 34.6 Å². The van der Waals surface area contributed by atoms with Crippen molar-refractivity contribution in [2.75, 3.05) is 27.4 Å². The minimum atomic E-state index is -2.84. The third-order valence-corrected chi connectivity index (χ3v) is 10.1. The predicted octanol–water partition coefficient (Wildman–Crippen LogP) is 2.52. The lowest BCUT2D eigenvalue weighted by Crippen LogP contribution is -2.74. The molecule has 280 valence electrons. The van der Waals surface area contributed by atoms with Crippen molar-refractivity contribution in [3.63, 3.8) is 0 Å². The number of amides is 2. The Balaban J connectivity index is 1.77. The van der Waals surface area contributed by atoms with Crippen LogP contribution >= 0.6 is 0 Å². The standard InChI is InChI=1S/C37H51N3O11/c1-17(2)20-12-19(14-40(15-35(3,4)5)34(48)51-16-50-33(47)36(6,7)8)27(41)24-21(20)11-18-13-22-26(39(9)10)29(43)25(32(38)46)31(45)37(22,49)30(44)23(18)28(24)42/h12,17-18,22-23,25-26,41,49H,11,13-16H2,1-10H3,(H2,38,46)/t18-,22-,23?,25?,26-,37-/m0/s1. The average Bonchev–Trinajstić information content (AvgIpc) is 2.98. The molecule has 0 saturated heterocycles. The SMILES string of the molecule is CC(C)c1cc(CN(CC(C)(C)C)C(=O)OCOC(=O)C(C)(C)C)c(O)c2c1C[C@H]1C[C@H]3[C@H](N(C)C)C(=O)C(C(N)=O)C(=O)[C@@]3(O)C(=O)C1C2=O. The van der Waals surface area contributed by atoms with Gasteiger partial charge in [0.05, 0.1) is 29.5 Å². The molecule has 0 aliphatic heterocycles. The molecule has 2 unspecified atom stereocenters. The van der Waals surface area contributed by atoms with E-state index in [2.05, 4.69) is 0 Å². The summed E-state index contributed by atoms with van der Waals surface area (Å²) < 4.78 is 10.4. The van der Waals surface area contributed by atoms with Gasteiger partial charge in [-0.1, -0.05) is 34.6 Å². The van der Waals surface area contributed by atoms with E-state index >= 15 is 0 Å². The van der Waals surface area contributed by atoms with E-state index in [9.17, 15) is 43.8 Å². The first kappa shape index (κ1) is 39.6. The second-order valence-corrected chi connectivity index (χ2v) is 16.9. The third-order valence-electron chi connectivity index (χ3n) is 10.1. The Morgan fingerprint density at radius 3 is 2.14 bits per heavy atom. The van der Waals surface area contributed by atoms with Crippen LogP contribution in [0.5, 0.6) is 5.75 Å². The summed E-state index contributed by atoms with van der Waals surface area (Å²) in [5, 5.41) is 23.6. The second-order valence-electron chi connectivity index (χ2n) is 16.9. The van der Waals surface area contributed by atoms with Gasteiger partial charge in [0, 0.05) is 18.0 Å². The Bertz CT molecular complexity index is 1670. The number of hydrogen-bond donors (Lipinski definition) is 3. The number of hydrogen-bond acceptors (Lipinski definition) is 12. The number of carbonyl (C=O) groups is 7. The number of rotatable bonds is 8. The number of aliphatic hydroxyl groups is 1. The lowest BCUT2D eigenvalue weighted by atomic mass is 9.52. The van der Waals surface area contributed by atoms with E-state index in [-0.39, 0.29) is 43.0 Å². The molecule has 3 aliphatic carbocycles. The summed E-state index contributed by atoms with van der Waals surface area (Å²) in [6.07, 6.45) is -0.767. The van der Waals surface area contributed by atoms with Gasteiger partial charge in [0.2, 0.25) is 12.7 Å². The smallest absolute Gasteiger partial charge is 0.412 e. The molecule has 14 heteroatoms. The summed E-state index contributed by atoms with van der Waals surface area (Å²) in [5.74, 6) is -12.2. The minimum absolute atomic E-state index is 0.0606. The van der Waals surface area contributed by atoms with Crippen LogP contribution in [-0.4, -0.2) is 100 Å². The Morgan fingerprint density at radius 2 is 1.63 bits per heavy atom. The zero-order valence-corrected chi connectivity index (χ0v) is 31.1. The molecular formula is C37H51N3O11. The van der Waals surface area contributed by atoms with Gasteiger partial charge in [-0.15, -0.1) is 0 Å². The summed E-state index contributed by atoms with van der Waals surface area (Å²) in [6.45, 7) is 13.7. The van der Waals surface area contributed by atoms with Crippen molar-refractivity contribution < 1.29 is 53.2 Å². The molecule has 1 aromatic rings. The van der Waals surface area contributed by atoms with Crippen molar-refractivity contribution in [3.8, 4) is 5.75 Å². The van der Waals surface area contributed by atoms with E-state index < -0.39 is 99.8 Å². The number of likely N-dealkylation sites (N-methyl/N-ethyl adjacent to an activating group) is 1. The van der Waals surface area contributed by atoms with Crippen molar-refractivity contribution >= 4 is 41.1 Å². The summed E-state index contributed by atoms with van der Waals surface area (Å²) in [7, 11) is 3.06. The van der Waals surface area contributed by atoms with E-state index in [0.717, 1.165) is 0 Å². The van der Waals surface area contributed by atoms with Crippen LogP contribution in [-0.2, 0) is 46.4 Å². The van der Waals surface area contributed by atoms with Crippen molar-refractivity contribution in [3.05, 3.63) is 28.3 Å². The highest BCUT2D eigenvalue weighted by Gasteiger charge is 2.69. The number of nitrogens with two attached hydrogens (primary N) is 1. The highest BCUT2D eigenvalue weighted by Crippen LogP contribution is 2.52. The maximum Gasteiger partial charge on any atom is 0.412 e. The molecular weight excluding hydrogens is 662 g/mol. The third kappa shape index (κ3) is 7.17. The molecule has 2 amide bonds. The number of nitrogens with zero attached hydrogens (tertiary/aromatic N) is 2. The van der Waals surface area contributed by atoms with Gasteiger partial charge in [-0.25, -0.2) is 4.79 Å². The zero-order valence-electron chi connectivity index (χ0n) is 31.1. The number of benzene rings is 1. The monoisotopic (exact) mass is 713 g/mol. The predicted molar refractivity (Wildman–Crippen MR) is 182 cm³/mol. The number of aromatic hydroxyl groups is 1. The quantitative estimate of drug-likeness (QED) is 0.202. The van der Waals surface area contributed by atoms with Crippen molar-refractivity contribution in [2.24, 2.45) is 40.2 Å². The van der Waals surface area contributed by atoms with Crippen molar-refractivity contribution in [2.45, 2.75) is 92.3 Å². The molecule has 0 aromatic heterocycles. The molecule has 4 rings (SSSR count). The average molecular weight is 714 g/mol. The lowest BCUT2D eigenvalue weighted by molar-refractivity contribution is -0.181. The summed E-state index contributed by atoms with van der Waals surface area (Å²) >= 11 is 0. The minimum Gasteiger partial charge on any atom is -0.507 e. The fraction of sp³-hybridized carbons (Fsp3) is 0.649. The van der Waals surface area contributed by atoms with Crippen LogP contribution < -0.4 is 5.73 Å². The first-order valence-electron chi connectivity index (χ1n) is 17.2. The van der Waals surface area contributed by atoms with E-state index in [0.29, 0.717) is 11.1 Å². The van der Waals surface area contributed by atoms with Gasteiger partial charge in [-0.05, 0) is 82.2 Å². The van der Waals surface area contributed by atoms with Crippen LogP contribution in [0.1, 0.15) is 94.8 Å². The second kappa shape index (κ2) is 13.8. The number of fused-ring (bicyclic) bond motifs is 3. The normalized spacial score (nSPS) is 26.4. The fourth-order valence-electron chi connectivity index (χ4n) is 7.80. The van der Waals surface area contributed by atoms with Gasteiger partial charge in [0.25, 0.3) is 0 Å². The maximum atomic E-state index is 14.4. The maximum absolute atomic E-state index is 14.4. The Kier molecular flexibility index (Phi) is 10.7. The van der Waals surface area contributed by atoms with Crippen LogP contribution in [0.4, 0.5) is 4.79 Å². The van der Waals surface area contributed by atoms with Gasteiger partial charge < -0.3 is 30.3 Å². The molecule has 6 atom stereocenters. The molecule has 4 N–H and O–H groups in total. The fourth-order valence-corrected chi connectivity index (χ4v) is 7.80. The summed E-state index contributed by atoms with van der Waals surface area (Å²) in [5.41, 5.74) is 2.55. The molecule has 0 bridgehead atoms. The van der Waals surface area contributed by atoms with Crippen LogP contribution in [0.25, 0.3) is 0 Å². The topological polar surface area (TPSA) is 211 Å². The largest absolute Gasteiger partial charge is 0.507 e. The number of ketones is 4. The van der Waals surface area contributed by atoms with Gasteiger partial charge in [0.1, 0.15) is 5.75 Å². The molecule has 0 spiro atoms. The molecule has 3 aliphatic rings. The van der Waals surface area contributed by atoms with Crippen LogP contribution in [0.15, 0.2) is 6.07 Å². The van der Waals surface area contributed by atoms with Gasteiger partial charge in [-0.3, -0.25) is 33.7 Å². The number of ether oxygens (including phenoxy) is 2. The number of carbonyl (C=O) groups excluding carboxylic acids is 7. The molecule has 1 aromatic carbocycles. The number of Topliss-reactive ketones (excluding diaryl/α,β-unsaturated/α-hetero) is 4. The Morgan fingerprint density at radius 1 is 1.02 bits per heavy atom. The molecule has 2 fully saturated rings. The zero-order chi connectivity index (χ0) is 38.7. The first-order valence-corrected chi connectivity index (χ1v) is 17.2. The lowest BCUT2D eigenvalue weighted by Gasteiger charge is -2.52. The van der Waals surface area contributed by atoms with Crippen LogP contribution in [0, 0.1) is 34.5 Å². The highest BCUT2D eigenvalue weighted by atomic mass is 16.7. The van der Waals surface area contributed by atoms with E-state index in [4.69, 9.17) is 15.2 Å². The van der Waals surface area contributed by atoms with Crippen LogP contribution in [0.3, 0.4) is 0 Å². The number of primary amides is 1. The molecule has 51 heavy (non-hydrogen) atoms. The van der Waals surface area contributed by atoms with Crippen molar-refractivity contribution in [1.29, 1.82) is 0 Å². The summed E-state index contributed by atoms with van der Waals surface area (Å²) in [4.78, 5) is 96.3. The number of phenolic OH excluding ortho intramolecular Hbond substituents is 1. The molecule has 14 nitrogen and oxygen atoms in total. The van der Waals surface area contributed by atoms with E-state index in [1.54, 1.807) is 26.8 Å². The van der Waals surface area contributed by atoms with Gasteiger partial charge in [-0.2, -0.15) is 0 Å². The Labute approximate surface area is 298 Å². The van der Waals surface area contributed by atoms with Crippen molar-refractivity contribution in [1.82, 2.24) is 9.80 Å². The summed E-state index contributed by atoms with van der Waals surface area (Å²) in [6, 6.07) is 0.515. The number of phenols is 1. The Hall–Kier alpha value is -4.17. The molecule has 0 radical (unpaired) electrons. The van der Waals surface area contributed by atoms with Gasteiger partial charge >= 0.3 is 12.1 Å². The highest BCUT2D eigenvalue weighted by molar-refractivity contribution is 6.32. The van der Waals surface area contributed by atoms with Gasteiger partial charge in [0.15, 0.2) is 34.7 Å². The van der Waals surface area contributed by atoms with Crippen LogP contribution in [0.2, 0.25) is 0 Å². The van der Waals surface area contributed by atoms with E-state index in [1.165, 1.54) is 23.9 Å². The number of esters is 1. The molecule has 2 saturated carbocycles. The molecule has 0 heterocycles. The first-order chi connectivity index (χ1) is 23.3.